The van der Waals surface area contributed by atoms with E-state index < -0.39 is 0 Å². The number of carbonyl (C=O) groups is 2. The number of amides is 2. The molecule has 1 N–H and O–H groups in total. The lowest BCUT2D eigenvalue weighted by atomic mass is 9.83. The molecule has 0 bridgehead atoms. The number of fused-ring (bicyclic) bond motifs is 1. The molecular formula is C19H28N4O3. The maximum absolute atomic E-state index is 12.4. The lowest BCUT2D eigenvalue weighted by molar-refractivity contribution is -0.144. The van der Waals surface area contributed by atoms with Crippen LogP contribution in [0.5, 0.6) is 0 Å². The molecule has 0 atom stereocenters. The Morgan fingerprint density at radius 3 is 2.58 bits per heavy atom. The summed E-state index contributed by atoms with van der Waals surface area (Å²) in [7, 11) is 1.91. The van der Waals surface area contributed by atoms with E-state index in [9.17, 15) is 9.59 Å². The van der Waals surface area contributed by atoms with Gasteiger partial charge in [-0.3, -0.25) is 14.3 Å². The maximum Gasteiger partial charge on any atom is 0.272 e. The second kappa shape index (κ2) is 6.37. The molecule has 3 heterocycles. The van der Waals surface area contributed by atoms with Crippen molar-refractivity contribution >= 4 is 11.8 Å². The van der Waals surface area contributed by atoms with Gasteiger partial charge in [-0.25, -0.2) is 0 Å². The van der Waals surface area contributed by atoms with Crippen LogP contribution in [0.25, 0.3) is 0 Å². The Morgan fingerprint density at radius 1 is 1.27 bits per heavy atom. The topological polar surface area (TPSA) is 76.5 Å². The molecule has 1 spiro atoms. The minimum absolute atomic E-state index is 0.0348. The average Bonchev–Trinajstić information content (AvgIpc) is 3.38. The van der Waals surface area contributed by atoms with E-state index in [1.807, 2.05) is 30.5 Å². The molecule has 2 aliphatic heterocycles. The Morgan fingerprint density at radius 2 is 1.96 bits per heavy atom. The lowest BCUT2D eigenvalue weighted by Gasteiger charge is -2.44. The number of ether oxygens (including phenoxy) is 1. The molecule has 1 aromatic rings. The summed E-state index contributed by atoms with van der Waals surface area (Å²) >= 11 is 0. The molecule has 1 aliphatic carbocycles. The van der Waals surface area contributed by atoms with Crippen LogP contribution in [0.15, 0.2) is 0 Å². The van der Waals surface area contributed by atoms with Gasteiger partial charge in [0.05, 0.1) is 12.2 Å². The largest absolute Gasteiger partial charge is 0.370 e. The molecular weight excluding hydrogens is 332 g/mol. The Labute approximate surface area is 154 Å². The molecule has 0 unspecified atom stereocenters. The van der Waals surface area contributed by atoms with Crippen molar-refractivity contribution in [3.8, 4) is 0 Å². The van der Waals surface area contributed by atoms with Crippen molar-refractivity contribution in [3.05, 3.63) is 17.0 Å². The van der Waals surface area contributed by atoms with E-state index in [0.717, 1.165) is 56.5 Å². The Kier molecular flexibility index (Phi) is 4.29. The highest BCUT2D eigenvalue weighted by atomic mass is 16.5. The summed E-state index contributed by atoms with van der Waals surface area (Å²) in [6.07, 6.45) is 4.55. The number of rotatable bonds is 3. The zero-order chi connectivity index (χ0) is 18.5. The third-order valence-electron chi connectivity index (χ3n) is 5.90. The number of likely N-dealkylation sites (tertiary alicyclic amines) is 1. The first-order valence-corrected chi connectivity index (χ1v) is 9.67. The maximum atomic E-state index is 12.4. The molecule has 4 rings (SSSR count). The lowest BCUT2D eigenvalue weighted by Crippen LogP contribution is -2.51. The second-order valence-electron chi connectivity index (χ2n) is 8.27. The third-order valence-corrected chi connectivity index (χ3v) is 5.90. The highest BCUT2D eigenvalue weighted by Crippen LogP contribution is 2.37. The minimum Gasteiger partial charge on any atom is -0.370 e. The van der Waals surface area contributed by atoms with Crippen LogP contribution in [0.4, 0.5) is 0 Å². The molecule has 2 fully saturated rings. The Bertz CT molecular complexity index is 727. The van der Waals surface area contributed by atoms with Gasteiger partial charge in [0, 0.05) is 49.8 Å². The number of hydrogen-bond acceptors (Lipinski definition) is 4. The van der Waals surface area contributed by atoms with Crippen molar-refractivity contribution in [2.24, 2.45) is 13.0 Å². The molecule has 0 aromatic carbocycles. The van der Waals surface area contributed by atoms with Crippen molar-refractivity contribution < 1.29 is 14.3 Å². The van der Waals surface area contributed by atoms with Gasteiger partial charge >= 0.3 is 0 Å². The summed E-state index contributed by atoms with van der Waals surface area (Å²) < 4.78 is 8.12. The number of carbonyl (C=O) groups excluding carboxylic acids is 2. The smallest absolute Gasteiger partial charge is 0.272 e. The van der Waals surface area contributed by atoms with Gasteiger partial charge in [-0.1, -0.05) is 13.8 Å². The molecule has 2 amide bonds. The predicted molar refractivity (Wildman–Crippen MR) is 95.6 cm³/mol. The van der Waals surface area contributed by atoms with Gasteiger partial charge < -0.3 is 15.0 Å². The van der Waals surface area contributed by atoms with Crippen molar-refractivity contribution in [1.82, 2.24) is 20.0 Å². The fraction of sp³-hybridized carbons (Fsp3) is 0.737. The minimum atomic E-state index is -0.237. The molecule has 26 heavy (non-hydrogen) atoms. The van der Waals surface area contributed by atoms with E-state index in [0.29, 0.717) is 18.3 Å². The van der Waals surface area contributed by atoms with Crippen molar-refractivity contribution in [1.29, 1.82) is 0 Å². The van der Waals surface area contributed by atoms with Crippen molar-refractivity contribution in [2.75, 3.05) is 13.1 Å². The Hall–Kier alpha value is -1.89. The number of nitrogens with one attached hydrogen (secondary N) is 1. The molecule has 3 aliphatic rings. The first-order chi connectivity index (χ1) is 12.4. The summed E-state index contributed by atoms with van der Waals surface area (Å²) in [6.45, 7) is 5.78. The molecule has 142 valence electrons. The first kappa shape index (κ1) is 17.5. The van der Waals surface area contributed by atoms with E-state index in [2.05, 4.69) is 10.4 Å². The summed E-state index contributed by atoms with van der Waals surface area (Å²) in [4.78, 5) is 26.6. The number of aryl methyl sites for hydroxylation is 1. The van der Waals surface area contributed by atoms with Crippen LogP contribution >= 0.6 is 0 Å². The second-order valence-corrected chi connectivity index (χ2v) is 8.27. The van der Waals surface area contributed by atoms with Crippen LogP contribution in [0.1, 0.15) is 61.3 Å². The zero-order valence-corrected chi connectivity index (χ0v) is 15.9. The summed E-state index contributed by atoms with van der Waals surface area (Å²) in [5.41, 5.74) is 2.30. The third kappa shape index (κ3) is 3.13. The van der Waals surface area contributed by atoms with Crippen molar-refractivity contribution in [2.45, 2.75) is 64.2 Å². The van der Waals surface area contributed by atoms with Crippen LogP contribution in [0.2, 0.25) is 0 Å². The average molecular weight is 360 g/mol. The SMILES string of the molecule is CC(C)C(=O)N1CCC2(CC1)Cc1c(c(C(=O)NC3CC3)nn1C)CO2. The fourth-order valence-electron chi connectivity index (χ4n) is 4.04. The van der Waals surface area contributed by atoms with Gasteiger partial charge in [0.2, 0.25) is 5.91 Å². The number of aromatic nitrogens is 2. The van der Waals surface area contributed by atoms with Gasteiger partial charge in [-0.15, -0.1) is 0 Å². The van der Waals surface area contributed by atoms with Gasteiger partial charge in [0.15, 0.2) is 5.69 Å². The first-order valence-electron chi connectivity index (χ1n) is 9.67. The molecule has 7 heteroatoms. The normalized spacial score (nSPS) is 21.8. The molecule has 1 aromatic heterocycles. The molecule has 0 radical (unpaired) electrons. The predicted octanol–water partition coefficient (Wildman–Crippen LogP) is 1.40. The highest BCUT2D eigenvalue weighted by molar-refractivity contribution is 5.94. The summed E-state index contributed by atoms with van der Waals surface area (Å²) in [5, 5.41) is 7.50. The fourth-order valence-corrected chi connectivity index (χ4v) is 4.04. The van der Waals surface area contributed by atoms with Crippen LogP contribution in [-0.2, 0) is 29.6 Å². The monoisotopic (exact) mass is 360 g/mol. The zero-order valence-electron chi connectivity index (χ0n) is 15.9. The Balaban J connectivity index is 1.47. The van der Waals surface area contributed by atoms with E-state index in [-0.39, 0.29) is 23.3 Å². The van der Waals surface area contributed by atoms with E-state index in [4.69, 9.17) is 4.74 Å². The van der Waals surface area contributed by atoms with Crippen LogP contribution in [-0.4, -0.2) is 51.2 Å². The van der Waals surface area contributed by atoms with E-state index in [1.54, 1.807) is 0 Å². The van der Waals surface area contributed by atoms with E-state index in [1.165, 1.54) is 0 Å². The number of piperidine rings is 1. The summed E-state index contributed by atoms with van der Waals surface area (Å²) in [6, 6.07) is 0.318. The van der Waals surface area contributed by atoms with Gasteiger partial charge in [0.1, 0.15) is 0 Å². The molecule has 1 saturated carbocycles. The van der Waals surface area contributed by atoms with Crippen LogP contribution in [0, 0.1) is 5.92 Å². The highest BCUT2D eigenvalue weighted by Gasteiger charge is 2.42. The van der Waals surface area contributed by atoms with E-state index >= 15 is 0 Å². The van der Waals surface area contributed by atoms with Crippen molar-refractivity contribution in [3.63, 3.8) is 0 Å². The quantitative estimate of drug-likeness (QED) is 0.884. The van der Waals surface area contributed by atoms with Gasteiger partial charge in [-0.2, -0.15) is 5.10 Å². The van der Waals surface area contributed by atoms with Gasteiger partial charge in [-0.05, 0) is 25.7 Å². The van der Waals surface area contributed by atoms with Crippen LogP contribution < -0.4 is 5.32 Å². The number of nitrogens with zero attached hydrogens (tertiary/aromatic N) is 3. The van der Waals surface area contributed by atoms with Gasteiger partial charge in [0.25, 0.3) is 5.91 Å². The number of hydrogen-bond donors (Lipinski definition) is 1. The van der Waals surface area contributed by atoms with Crippen LogP contribution in [0.3, 0.4) is 0 Å². The molecule has 1 saturated heterocycles. The standard InChI is InChI=1S/C19H28N4O3/c1-12(2)18(25)23-8-6-19(7-9-23)10-15-14(11-26-19)16(21-22(15)3)17(24)20-13-4-5-13/h12-13H,4-11H2,1-3H3,(H,20,24). The molecule has 7 nitrogen and oxygen atoms in total. The summed E-state index contributed by atoms with van der Waals surface area (Å²) in [5.74, 6) is 0.171.